The van der Waals surface area contributed by atoms with Crippen molar-refractivity contribution >= 4 is 18.4 Å². The Hall–Kier alpha value is -3.19. The van der Waals surface area contributed by atoms with E-state index in [9.17, 15) is 0 Å². The van der Waals surface area contributed by atoms with Crippen LogP contribution < -0.4 is 9.47 Å². The molecular formula is C20H20N4O2S. The number of ether oxygens (including phenoxy) is 2. The maximum atomic E-state index is 5.56. The smallest absolute Gasteiger partial charge is 0.216 e. The summed E-state index contributed by atoms with van der Waals surface area (Å²) in [6.45, 7) is 6.09. The Morgan fingerprint density at radius 1 is 1.22 bits per heavy atom. The second-order valence-electron chi connectivity index (χ2n) is 5.78. The minimum Gasteiger partial charge on any atom is -0.493 e. The first-order valence-electron chi connectivity index (χ1n) is 8.33. The molecule has 0 aliphatic carbocycles. The van der Waals surface area contributed by atoms with E-state index in [1.165, 1.54) is 5.56 Å². The van der Waals surface area contributed by atoms with Gasteiger partial charge in [0.05, 0.1) is 13.3 Å². The number of aromatic amines is 1. The van der Waals surface area contributed by atoms with Crippen LogP contribution in [0.4, 0.5) is 0 Å². The molecule has 0 atom stereocenters. The van der Waals surface area contributed by atoms with E-state index >= 15 is 0 Å². The van der Waals surface area contributed by atoms with Gasteiger partial charge in [0.15, 0.2) is 17.3 Å². The second-order valence-corrected chi connectivity index (χ2v) is 6.17. The molecule has 2 aromatic carbocycles. The standard InChI is InChI=1S/C20H20N4O2S/c1-4-11-26-17-10-7-15(12-18(17)25-3)13-21-24-19(22-23-20(24)27)16-8-5-14(2)6-9-16/h4-10,12-13H,1,11H2,2-3H3,(H,23,27)/b21-13-. The molecule has 7 heteroatoms. The fraction of sp³-hybridized carbons (Fsp3) is 0.150. The summed E-state index contributed by atoms with van der Waals surface area (Å²) in [6.07, 6.45) is 3.38. The molecule has 3 aromatic rings. The van der Waals surface area contributed by atoms with Gasteiger partial charge in [-0.3, -0.25) is 0 Å². The number of aromatic nitrogens is 3. The van der Waals surface area contributed by atoms with Crippen LogP contribution in [0.5, 0.6) is 11.5 Å². The first-order valence-corrected chi connectivity index (χ1v) is 8.73. The number of hydrogen-bond acceptors (Lipinski definition) is 5. The van der Waals surface area contributed by atoms with Gasteiger partial charge in [-0.2, -0.15) is 14.9 Å². The normalized spacial score (nSPS) is 10.9. The first-order chi connectivity index (χ1) is 13.1. The maximum absolute atomic E-state index is 5.56. The number of H-pyrrole nitrogens is 1. The van der Waals surface area contributed by atoms with Crippen LogP contribution >= 0.6 is 12.2 Å². The van der Waals surface area contributed by atoms with Gasteiger partial charge in [0.2, 0.25) is 4.77 Å². The van der Waals surface area contributed by atoms with Crippen molar-refractivity contribution in [3.63, 3.8) is 0 Å². The zero-order valence-corrected chi connectivity index (χ0v) is 16.0. The Bertz CT molecular complexity index is 1020. The Morgan fingerprint density at radius 3 is 2.70 bits per heavy atom. The van der Waals surface area contributed by atoms with Crippen LogP contribution in [0.2, 0.25) is 0 Å². The zero-order valence-electron chi connectivity index (χ0n) is 15.2. The Labute approximate surface area is 162 Å². The van der Waals surface area contributed by atoms with E-state index in [2.05, 4.69) is 21.9 Å². The van der Waals surface area contributed by atoms with Crippen LogP contribution in [0.15, 0.2) is 60.2 Å². The molecule has 1 aromatic heterocycles. The van der Waals surface area contributed by atoms with Crippen molar-refractivity contribution in [3.05, 3.63) is 71.0 Å². The number of aryl methyl sites for hydroxylation is 1. The van der Waals surface area contributed by atoms with E-state index in [1.54, 1.807) is 24.1 Å². The summed E-state index contributed by atoms with van der Waals surface area (Å²) >= 11 is 5.31. The Morgan fingerprint density at radius 2 is 2.00 bits per heavy atom. The average Bonchev–Trinajstić information content (AvgIpc) is 3.06. The van der Waals surface area contributed by atoms with E-state index in [0.29, 0.717) is 28.7 Å². The quantitative estimate of drug-likeness (QED) is 0.375. The largest absolute Gasteiger partial charge is 0.493 e. The predicted octanol–water partition coefficient (Wildman–Crippen LogP) is 4.37. The van der Waals surface area contributed by atoms with E-state index in [0.717, 1.165) is 11.1 Å². The molecule has 3 rings (SSSR count). The van der Waals surface area contributed by atoms with Gasteiger partial charge in [0.1, 0.15) is 6.61 Å². The van der Waals surface area contributed by atoms with Gasteiger partial charge in [-0.05, 0) is 42.9 Å². The van der Waals surface area contributed by atoms with Gasteiger partial charge in [0, 0.05) is 5.56 Å². The van der Waals surface area contributed by atoms with E-state index in [-0.39, 0.29) is 0 Å². The van der Waals surface area contributed by atoms with E-state index in [4.69, 9.17) is 21.7 Å². The maximum Gasteiger partial charge on any atom is 0.216 e. The highest BCUT2D eigenvalue weighted by Gasteiger charge is 2.08. The lowest BCUT2D eigenvalue weighted by Crippen LogP contribution is -1.98. The molecule has 6 nitrogen and oxygen atoms in total. The Kier molecular flexibility index (Phi) is 5.83. The molecule has 0 fully saturated rings. The molecule has 1 heterocycles. The molecule has 0 bridgehead atoms. The molecule has 0 saturated heterocycles. The van der Waals surface area contributed by atoms with Crippen molar-refractivity contribution in [2.24, 2.45) is 5.10 Å². The summed E-state index contributed by atoms with van der Waals surface area (Å²) in [7, 11) is 1.60. The Balaban J connectivity index is 1.90. The van der Waals surface area contributed by atoms with Crippen LogP contribution in [-0.4, -0.2) is 34.8 Å². The average molecular weight is 380 g/mol. The number of rotatable bonds is 7. The molecule has 0 unspecified atom stereocenters. The van der Waals surface area contributed by atoms with Crippen LogP contribution in [0, 0.1) is 11.7 Å². The summed E-state index contributed by atoms with van der Waals surface area (Å²) in [5.41, 5.74) is 2.94. The summed E-state index contributed by atoms with van der Waals surface area (Å²) in [5, 5.41) is 11.6. The number of nitrogens with zero attached hydrogens (tertiary/aromatic N) is 3. The topological polar surface area (TPSA) is 64.4 Å². The lowest BCUT2D eigenvalue weighted by atomic mass is 10.1. The zero-order chi connectivity index (χ0) is 19.2. The molecule has 0 aliphatic rings. The van der Waals surface area contributed by atoms with Crippen molar-refractivity contribution < 1.29 is 9.47 Å². The predicted molar refractivity (Wildman–Crippen MR) is 109 cm³/mol. The number of methoxy groups -OCH3 is 1. The monoisotopic (exact) mass is 380 g/mol. The number of nitrogens with one attached hydrogen (secondary N) is 1. The SMILES string of the molecule is C=CCOc1ccc(/C=N\n2c(-c3ccc(C)cc3)n[nH]c2=S)cc1OC. The van der Waals surface area contributed by atoms with Crippen molar-refractivity contribution in [3.8, 4) is 22.9 Å². The third kappa shape index (κ3) is 4.32. The van der Waals surface area contributed by atoms with Crippen molar-refractivity contribution in [1.29, 1.82) is 0 Å². The van der Waals surface area contributed by atoms with Gasteiger partial charge in [-0.1, -0.05) is 42.5 Å². The summed E-state index contributed by atoms with van der Waals surface area (Å²) in [6, 6.07) is 13.6. The van der Waals surface area contributed by atoms with Crippen molar-refractivity contribution in [2.75, 3.05) is 13.7 Å². The van der Waals surface area contributed by atoms with Crippen LogP contribution in [0.25, 0.3) is 11.4 Å². The minimum absolute atomic E-state index is 0.411. The molecule has 0 radical (unpaired) electrons. The van der Waals surface area contributed by atoms with Crippen molar-refractivity contribution in [2.45, 2.75) is 6.92 Å². The highest BCUT2D eigenvalue weighted by atomic mass is 32.1. The minimum atomic E-state index is 0.411. The summed E-state index contributed by atoms with van der Waals surface area (Å²) < 4.78 is 13.0. The number of benzene rings is 2. The molecule has 138 valence electrons. The molecule has 0 spiro atoms. The third-order valence-corrected chi connectivity index (χ3v) is 4.09. The van der Waals surface area contributed by atoms with Crippen LogP contribution in [0.3, 0.4) is 0 Å². The molecular weight excluding hydrogens is 360 g/mol. The summed E-state index contributed by atoms with van der Waals surface area (Å²) in [4.78, 5) is 0. The van der Waals surface area contributed by atoms with Gasteiger partial charge in [0.25, 0.3) is 0 Å². The third-order valence-electron chi connectivity index (χ3n) is 3.83. The lowest BCUT2D eigenvalue weighted by molar-refractivity contribution is 0.326. The van der Waals surface area contributed by atoms with E-state index in [1.807, 2.05) is 49.4 Å². The van der Waals surface area contributed by atoms with Gasteiger partial charge < -0.3 is 9.47 Å². The van der Waals surface area contributed by atoms with Gasteiger partial charge >= 0.3 is 0 Å². The lowest BCUT2D eigenvalue weighted by Gasteiger charge is -2.09. The molecule has 27 heavy (non-hydrogen) atoms. The van der Waals surface area contributed by atoms with Crippen LogP contribution in [0.1, 0.15) is 11.1 Å². The fourth-order valence-electron chi connectivity index (χ4n) is 2.45. The van der Waals surface area contributed by atoms with E-state index < -0.39 is 0 Å². The molecule has 1 N–H and O–H groups in total. The first kappa shape index (κ1) is 18.6. The van der Waals surface area contributed by atoms with Crippen molar-refractivity contribution in [1.82, 2.24) is 14.9 Å². The molecule has 0 aliphatic heterocycles. The molecule has 0 amide bonds. The van der Waals surface area contributed by atoms with Crippen LogP contribution in [-0.2, 0) is 0 Å². The fourth-order valence-corrected chi connectivity index (χ4v) is 2.62. The highest BCUT2D eigenvalue weighted by molar-refractivity contribution is 7.71. The van der Waals surface area contributed by atoms with Gasteiger partial charge in [-0.25, -0.2) is 5.10 Å². The number of hydrogen-bond donors (Lipinski definition) is 1. The molecule has 0 saturated carbocycles. The summed E-state index contributed by atoms with van der Waals surface area (Å²) in [5.74, 6) is 1.92. The van der Waals surface area contributed by atoms with Gasteiger partial charge in [-0.15, -0.1) is 0 Å². The second kappa shape index (κ2) is 8.46. The highest BCUT2D eigenvalue weighted by Crippen LogP contribution is 2.27.